The van der Waals surface area contributed by atoms with Gasteiger partial charge in [-0.25, -0.2) is 14.4 Å². The molecule has 2 aromatic rings. The van der Waals surface area contributed by atoms with Crippen LogP contribution in [-0.2, 0) is 16.1 Å². The predicted molar refractivity (Wildman–Crippen MR) is 58.6 cm³/mol. The molecule has 0 N–H and O–H groups in total. The molecule has 0 fully saturated rings. The first-order valence-electron chi connectivity index (χ1n) is 5.03. The summed E-state index contributed by atoms with van der Waals surface area (Å²) in [6.07, 6.45) is 2.91. The van der Waals surface area contributed by atoms with Crippen LogP contribution >= 0.6 is 0 Å². The van der Waals surface area contributed by atoms with Gasteiger partial charge in [-0.3, -0.25) is 9.63 Å². The third-order valence-corrected chi connectivity index (χ3v) is 2.52. The van der Waals surface area contributed by atoms with Crippen LogP contribution < -0.4 is 0 Å². The monoisotopic (exact) mass is 237 g/mol. The molecule has 0 spiro atoms. The molecule has 0 aliphatic carbocycles. The van der Waals surface area contributed by atoms with Gasteiger partial charge in [-0.05, 0) is 12.1 Å². The summed E-state index contributed by atoms with van der Waals surface area (Å²) in [7, 11) is 2.94. The first-order chi connectivity index (χ1) is 8.11. The number of pyridine rings is 1. The van der Waals surface area contributed by atoms with E-state index in [2.05, 4.69) is 4.98 Å². The van der Waals surface area contributed by atoms with Gasteiger partial charge in [-0.2, -0.15) is 0 Å². The minimum atomic E-state index is -0.346. The van der Waals surface area contributed by atoms with Gasteiger partial charge in [0, 0.05) is 13.2 Å². The molecule has 0 unspecified atom stereocenters. The van der Waals surface area contributed by atoms with Crippen LogP contribution in [0.2, 0.25) is 0 Å². The highest BCUT2D eigenvalue weighted by Gasteiger charge is 2.13. The van der Waals surface area contributed by atoms with Crippen molar-refractivity contribution in [2.45, 2.75) is 6.42 Å². The highest BCUT2D eigenvalue weighted by molar-refractivity contribution is 5.79. The molecule has 6 heteroatoms. The molecule has 1 amide bonds. The van der Waals surface area contributed by atoms with Crippen molar-refractivity contribution in [1.82, 2.24) is 14.4 Å². The average molecular weight is 237 g/mol. The number of likely N-dealkylation sites (N-methyl/N-ethyl adjacent to an activating group) is 1. The molecule has 2 heterocycles. The summed E-state index contributed by atoms with van der Waals surface area (Å²) >= 11 is 0. The molecule has 0 radical (unpaired) electrons. The fourth-order valence-electron chi connectivity index (χ4n) is 1.52. The largest absolute Gasteiger partial charge is 0.303 e. The fourth-order valence-corrected chi connectivity index (χ4v) is 1.52. The minimum absolute atomic E-state index is 0.118. The van der Waals surface area contributed by atoms with E-state index >= 15 is 0 Å². The summed E-state index contributed by atoms with van der Waals surface area (Å²) in [5.41, 5.74) is 1.31. The first-order valence-corrected chi connectivity index (χ1v) is 5.03. The van der Waals surface area contributed by atoms with E-state index in [4.69, 9.17) is 4.84 Å². The van der Waals surface area contributed by atoms with Crippen molar-refractivity contribution in [2.75, 3.05) is 14.2 Å². The van der Waals surface area contributed by atoms with Gasteiger partial charge in [0.15, 0.2) is 0 Å². The van der Waals surface area contributed by atoms with Crippen LogP contribution in [0.3, 0.4) is 0 Å². The molecule has 0 aliphatic heterocycles. The van der Waals surface area contributed by atoms with Crippen molar-refractivity contribution in [2.24, 2.45) is 0 Å². The quantitative estimate of drug-likeness (QED) is 0.749. The molecule has 90 valence electrons. The number of carbonyl (C=O) groups is 1. The highest BCUT2D eigenvalue weighted by Crippen LogP contribution is 2.12. The Morgan fingerprint density at radius 3 is 3.06 bits per heavy atom. The summed E-state index contributed by atoms with van der Waals surface area (Å²) in [6, 6.07) is 2.93. The lowest BCUT2D eigenvalue weighted by Crippen LogP contribution is -2.27. The Kier molecular flexibility index (Phi) is 3.06. The van der Waals surface area contributed by atoms with Crippen molar-refractivity contribution in [3.63, 3.8) is 0 Å². The average Bonchev–Trinajstić information content (AvgIpc) is 2.70. The molecule has 2 rings (SSSR count). The van der Waals surface area contributed by atoms with Gasteiger partial charge in [-0.1, -0.05) is 0 Å². The van der Waals surface area contributed by atoms with Gasteiger partial charge < -0.3 is 4.40 Å². The minimum Gasteiger partial charge on any atom is -0.303 e. The van der Waals surface area contributed by atoms with E-state index in [1.165, 1.54) is 32.7 Å². The van der Waals surface area contributed by atoms with Crippen LogP contribution in [0.4, 0.5) is 4.39 Å². The van der Waals surface area contributed by atoms with Gasteiger partial charge in [-0.15, -0.1) is 0 Å². The van der Waals surface area contributed by atoms with E-state index in [0.29, 0.717) is 11.2 Å². The summed E-state index contributed by atoms with van der Waals surface area (Å²) in [4.78, 5) is 20.5. The Bertz CT molecular complexity index is 553. The van der Waals surface area contributed by atoms with E-state index in [9.17, 15) is 9.18 Å². The van der Waals surface area contributed by atoms with Gasteiger partial charge in [0.2, 0.25) is 0 Å². The zero-order chi connectivity index (χ0) is 12.4. The van der Waals surface area contributed by atoms with Crippen LogP contribution in [-0.4, -0.2) is 34.5 Å². The van der Waals surface area contributed by atoms with Crippen molar-refractivity contribution in [3.8, 4) is 0 Å². The Hall–Kier alpha value is -1.95. The maximum absolute atomic E-state index is 12.9. The summed E-state index contributed by atoms with van der Waals surface area (Å²) in [6.45, 7) is 0. The number of rotatable bonds is 3. The van der Waals surface area contributed by atoms with Crippen molar-refractivity contribution in [1.29, 1.82) is 0 Å². The number of imidazole rings is 1. The first kappa shape index (κ1) is 11.5. The molecule has 0 saturated carbocycles. The molecular formula is C11H12FN3O2. The van der Waals surface area contributed by atoms with Gasteiger partial charge in [0.1, 0.15) is 5.82 Å². The van der Waals surface area contributed by atoms with Crippen LogP contribution in [0, 0.1) is 5.82 Å². The predicted octanol–water partition coefficient (Wildman–Crippen LogP) is 1.04. The molecule has 0 atom stereocenters. The van der Waals surface area contributed by atoms with Crippen LogP contribution in [0.1, 0.15) is 5.69 Å². The molecule has 2 aromatic heterocycles. The molecule has 5 nitrogen and oxygen atoms in total. The normalized spacial score (nSPS) is 10.8. The fraction of sp³-hybridized carbons (Fsp3) is 0.273. The zero-order valence-electron chi connectivity index (χ0n) is 9.55. The molecular weight excluding hydrogens is 225 g/mol. The number of nitrogens with zero attached hydrogens (tertiary/aromatic N) is 3. The second-order valence-corrected chi connectivity index (χ2v) is 3.58. The van der Waals surface area contributed by atoms with E-state index in [1.54, 1.807) is 10.5 Å². The molecule has 0 aromatic carbocycles. The maximum Gasteiger partial charge on any atom is 0.251 e. The number of hydrogen-bond acceptors (Lipinski definition) is 3. The second-order valence-electron chi connectivity index (χ2n) is 3.58. The number of fused-ring (bicyclic) bond motifs is 1. The van der Waals surface area contributed by atoms with E-state index < -0.39 is 0 Å². The van der Waals surface area contributed by atoms with Crippen LogP contribution in [0.15, 0.2) is 24.7 Å². The lowest BCUT2D eigenvalue weighted by atomic mass is 10.2. The number of halogens is 1. The maximum atomic E-state index is 12.9. The van der Waals surface area contributed by atoms with E-state index in [-0.39, 0.29) is 18.1 Å². The van der Waals surface area contributed by atoms with E-state index in [1.807, 2.05) is 0 Å². The Morgan fingerprint density at radius 1 is 1.59 bits per heavy atom. The number of hydrogen-bond donors (Lipinski definition) is 0. The Labute approximate surface area is 97.4 Å². The van der Waals surface area contributed by atoms with Crippen molar-refractivity contribution in [3.05, 3.63) is 36.2 Å². The standard InChI is InChI=1S/C11H12FN3O2/c1-14(17-2)11(16)5-9-10-4-3-8(12)6-15(10)7-13-9/h3-4,6-7H,5H2,1-2H3. The molecule has 0 saturated heterocycles. The lowest BCUT2D eigenvalue weighted by molar-refractivity contribution is -0.167. The Morgan fingerprint density at radius 2 is 2.35 bits per heavy atom. The van der Waals surface area contributed by atoms with Crippen molar-refractivity contribution >= 4 is 11.4 Å². The van der Waals surface area contributed by atoms with Gasteiger partial charge in [0.25, 0.3) is 5.91 Å². The smallest absolute Gasteiger partial charge is 0.251 e. The summed E-state index contributed by atoms with van der Waals surface area (Å²) in [5, 5.41) is 1.13. The number of hydroxylamine groups is 2. The van der Waals surface area contributed by atoms with Crippen molar-refractivity contribution < 1.29 is 14.0 Å². The van der Waals surface area contributed by atoms with Crippen LogP contribution in [0.25, 0.3) is 5.52 Å². The lowest BCUT2D eigenvalue weighted by Gasteiger charge is -2.12. The van der Waals surface area contributed by atoms with Crippen LogP contribution in [0.5, 0.6) is 0 Å². The Balaban J connectivity index is 2.28. The number of amides is 1. The SMILES string of the molecule is CON(C)C(=O)Cc1ncn2cc(F)ccc12. The van der Waals surface area contributed by atoms with E-state index in [0.717, 1.165) is 5.06 Å². The third-order valence-electron chi connectivity index (χ3n) is 2.52. The van der Waals surface area contributed by atoms with Gasteiger partial charge >= 0.3 is 0 Å². The topological polar surface area (TPSA) is 46.8 Å². The summed E-state index contributed by atoms with van der Waals surface area (Å²) < 4.78 is 14.5. The number of aromatic nitrogens is 2. The molecule has 0 aliphatic rings. The third kappa shape index (κ3) is 2.26. The summed E-state index contributed by atoms with van der Waals surface area (Å²) in [5.74, 6) is -0.556. The second kappa shape index (κ2) is 4.50. The molecule has 0 bridgehead atoms. The molecule has 17 heavy (non-hydrogen) atoms. The zero-order valence-corrected chi connectivity index (χ0v) is 9.55. The number of carbonyl (C=O) groups excluding carboxylic acids is 1. The van der Waals surface area contributed by atoms with Gasteiger partial charge in [0.05, 0.1) is 31.1 Å². The highest BCUT2D eigenvalue weighted by atomic mass is 19.1.